The van der Waals surface area contributed by atoms with E-state index in [1.807, 2.05) is 0 Å². The van der Waals surface area contributed by atoms with Crippen LogP contribution < -0.4 is 0 Å². The van der Waals surface area contributed by atoms with E-state index < -0.39 is 0 Å². The summed E-state index contributed by atoms with van der Waals surface area (Å²) in [5.74, 6) is 4.28. The lowest BCUT2D eigenvalue weighted by atomic mass is 9.43. The van der Waals surface area contributed by atoms with Crippen molar-refractivity contribution in [1.82, 2.24) is 4.90 Å². The fraction of sp³-hybridized carbons (Fsp3) is 1.00. The zero-order valence-electron chi connectivity index (χ0n) is 20.4. The quantitative estimate of drug-likeness (QED) is 0.571. The molecule has 0 spiro atoms. The molecule has 0 heterocycles. The van der Waals surface area contributed by atoms with E-state index in [4.69, 9.17) is 0 Å². The molecule has 0 aromatic rings. The second kappa shape index (κ2) is 8.67. The first-order chi connectivity index (χ1) is 14.2. The largest absolute Gasteiger partial charge is 0.393 e. The third kappa shape index (κ3) is 3.79. The van der Waals surface area contributed by atoms with Crippen LogP contribution in [-0.2, 0) is 0 Å². The molecule has 3 nitrogen and oxygen atoms in total. The molecule has 0 aliphatic heterocycles. The summed E-state index contributed by atoms with van der Waals surface area (Å²) < 4.78 is 0. The van der Waals surface area contributed by atoms with E-state index in [0.29, 0.717) is 29.1 Å². The third-order valence-corrected chi connectivity index (χ3v) is 11.0. The fourth-order valence-corrected chi connectivity index (χ4v) is 9.26. The first-order valence-electron chi connectivity index (χ1n) is 13.2. The Morgan fingerprint density at radius 3 is 2.43 bits per heavy atom. The Labute approximate surface area is 186 Å². The lowest BCUT2D eigenvalue weighted by Crippen LogP contribution is -2.58. The highest BCUT2D eigenvalue weighted by atomic mass is 16.3. The molecule has 174 valence electrons. The van der Waals surface area contributed by atoms with E-state index in [0.717, 1.165) is 31.1 Å². The molecule has 3 heteroatoms. The van der Waals surface area contributed by atoms with Crippen LogP contribution in [-0.4, -0.2) is 48.0 Å². The Balaban J connectivity index is 1.47. The summed E-state index contributed by atoms with van der Waals surface area (Å²) in [6.07, 6.45) is 13.2. The average Bonchev–Trinajstić information content (AvgIpc) is 3.05. The van der Waals surface area contributed by atoms with Crippen molar-refractivity contribution in [2.45, 2.75) is 104 Å². The predicted octanol–water partition coefficient (Wildman–Crippen LogP) is 5.35. The minimum Gasteiger partial charge on any atom is -0.393 e. The Hall–Kier alpha value is -0.120. The van der Waals surface area contributed by atoms with Crippen LogP contribution in [0.5, 0.6) is 0 Å². The zero-order valence-corrected chi connectivity index (χ0v) is 20.4. The van der Waals surface area contributed by atoms with E-state index in [9.17, 15) is 10.2 Å². The lowest BCUT2D eigenvalue weighted by molar-refractivity contribution is -0.174. The monoisotopic (exact) mass is 419 g/mol. The molecular formula is C27H49NO2. The van der Waals surface area contributed by atoms with Gasteiger partial charge in [-0.05, 0) is 125 Å². The summed E-state index contributed by atoms with van der Waals surface area (Å²) in [6.45, 7) is 8.67. The number of aliphatic hydroxyl groups is 2. The van der Waals surface area contributed by atoms with Crippen LogP contribution >= 0.6 is 0 Å². The molecule has 0 radical (unpaired) electrons. The second-order valence-corrected chi connectivity index (χ2v) is 12.7. The predicted molar refractivity (Wildman–Crippen MR) is 124 cm³/mol. The third-order valence-electron chi connectivity index (χ3n) is 11.0. The van der Waals surface area contributed by atoms with Crippen molar-refractivity contribution < 1.29 is 10.2 Å². The Kier molecular flexibility index (Phi) is 6.66. The van der Waals surface area contributed by atoms with Crippen LogP contribution in [0.1, 0.15) is 91.4 Å². The van der Waals surface area contributed by atoms with Crippen LogP contribution in [0.3, 0.4) is 0 Å². The molecule has 4 aliphatic carbocycles. The molecule has 4 saturated carbocycles. The molecule has 0 amide bonds. The molecule has 0 aromatic heterocycles. The number of unbranched alkanes of at least 4 members (excludes halogenated alkanes) is 1. The Bertz CT molecular complexity index is 593. The molecule has 2 N–H and O–H groups in total. The van der Waals surface area contributed by atoms with E-state index >= 15 is 0 Å². The van der Waals surface area contributed by atoms with Gasteiger partial charge in [0.05, 0.1) is 12.2 Å². The van der Waals surface area contributed by atoms with Crippen molar-refractivity contribution >= 4 is 0 Å². The number of rotatable bonds is 6. The van der Waals surface area contributed by atoms with Gasteiger partial charge in [-0.1, -0.05) is 33.6 Å². The van der Waals surface area contributed by atoms with Gasteiger partial charge in [-0.3, -0.25) is 0 Å². The average molecular weight is 420 g/mol. The van der Waals surface area contributed by atoms with Gasteiger partial charge >= 0.3 is 0 Å². The van der Waals surface area contributed by atoms with Gasteiger partial charge in [0.25, 0.3) is 0 Å². The molecule has 0 saturated heterocycles. The summed E-state index contributed by atoms with van der Waals surface area (Å²) in [5, 5.41) is 21.9. The maximum absolute atomic E-state index is 11.6. The van der Waals surface area contributed by atoms with Crippen LogP contribution in [0.4, 0.5) is 0 Å². The van der Waals surface area contributed by atoms with Gasteiger partial charge in [0, 0.05) is 0 Å². The summed E-state index contributed by atoms with van der Waals surface area (Å²) in [6, 6.07) is 0. The number of nitrogens with zero attached hydrogens (tertiary/aromatic N) is 1. The first-order valence-corrected chi connectivity index (χ1v) is 13.2. The summed E-state index contributed by atoms with van der Waals surface area (Å²) in [5.41, 5.74) is 0.472. The second-order valence-electron chi connectivity index (χ2n) is 12.7. The highest BCUT2D eigenvalue weighted by molar-refractivity contribution is 5.12. The molecular weight excluding hydrogens is 370 g/mol. The summed E-state index contributed by atoms with van der Waals surface area (Å²) in [7, 11) is 4.34. The number of aliphatic hydroxyl groups excluding tert-OH is 2. The van der Waals surface area contributed by atoms with Crippen molar-refractivity contribution in [2.75, 3.05) is 20.6 Å². The van der Waals surface area contributed by atoms with Crippen molar-refractivity contribution in [3.8, 4) is 0 Å². The van der Waals surface area contributed by atoms with E-state index in [1.165, 1.54) is 57.9 Å². The summed E-state index contributed by atoms with van der Waals surface area (Å²) in [4.78, 5) is 2.30. The zero-order chi connectivity index (χ0) is 21.7. The van der Waals surface area contributed by atoms with Crippen LogP contribution in [0.25, 0.3) is 0 Å². The highest BCUT2D eigenvalue weighted by Gasteiger charge is 2.63. The maximum atomic E-state index is 11.6. The van der Waals surface area contributed by atoms with Crippen LogP contribution in [0.2, 0.25) is 0 Å². The molecule has 0 unspecified atom stereocenters. The lowest BCUT2D eigenvalue weighted by Gasteiger charge is -2.62. The molecule has 0 bridgehead atoms. The molecule has 4 fully saturated rings. The Morgan fingerprint density at radius 1 is 0.933 bits per heavy atom. The minimum atomic E-state index is -0.136. The normalized spacial score (nSPS) is 49.4. The molecule has 0 aromatic carbocycles. The first kappa shape index (κ1) is 23.1. The van der Waals surface area contributed by atoms with Gasteiger partial charge in [-0.2, -0.15) is 0 Å². The summed E-state index contributed by atoms with van der Waals surface area (Å²) >= 11 is 0. The standard InChI is InChI=1S/C27H49NO2/c1-18(8-6-7-15-28(4)5)22-11-12-23-21-10-9-19-16-20(29)13-14-26(19,2)24(21)17-25(30)27(22,23)3/h18-25,29-30H,6-17H2,1-5H3/t18-,19-,20-,21+,22-,23+,24+,25+,26+,27-/m1/s1. The number of hydrogen-bond donors (Lipinski definition) is 2. The SMILES string of the molecule is C[C@H](CCCCN(C)C)[C@H]1CC[C@H]2[C@@H]3CC[C@@H]4C[C@H](O)CC[C@]4(C)[C@H]3C[C@H](O)[C@]12C. The molecule has 4 rings (SSSR count). The minimum absolute atomic E-state index is 0.0809. The van der Waals surface area contributed by atoms with E-state index in [1.54, 1.807) is 0 Å². The molecule has 4 aliphatic rings. The fourth-order valence-electron chi connectivity index (χ4n) is 9.26. The van der Waals surface area contributed by atoms with Gasteiger partial charge < -0.3 is 15.1 Å². The Morgan fingerprint density at radius 2 is 1.70 bits per heavy atom. The topological polar surface area (TPSA) is 43.7 Å². The van der Waals surface area contributed by atoms with Crippen molar-refractivity contribution in [3.63, 3.8) is 0 Å². The van der Waals surface area contributed by atoms with Crippen LogP contribution in [0.15, 0.2) is 0 Å². The van der Waals surface area contributed by atoms with E-state index in [2.05, 4.69) is 39.8 Å². The van der Waals surface area contributed by atoms with Gasteiger partial charge in [0.2, 0.25) is 0 Å². The smallest absolute Gasteiger partial charge is 0.0602 e. The van der Waals surface area contributed by atoms with Crippen molar-refractivity contribution in [3.05, 3.63) is 0 Å². The van der Waals surface area contributed by atoms with Crippen molar-refractivity contribution in [2.24, 2.45) is 46.3 Å². The van der Waals surface area contributed by atoms with E-state index in [-0.39, 0.29) is 17.6 Å². The maximum Gasteiger partial charge on any atom is 0.0602 e. The molecule has 30 heavy (non-hydrogen) atoms. The number of hydrogen-bond acceptors (Lipinski definition) is 3. The van der Waals surface area contributed by atoms with Gasteiger partial charge in [-0.25, -0.2) is 0 Å². The van der Waals surface area contributed by atoms with Gasteiger partial charge in [-0.15, -0.1) is 0 Å². The molecule has 10 atom stereocenters. The van der Waals surface area contributed by atoms with Crippen molar-refractivity contribution in [1.29, 1.82) is 0 Å². The number of fused-ring (bicyclic) bond motifs is 5. The van der Waals surface area contributed by atoms with Gasteiger partial charge in [0.15, 0.2) is 0 Å². The van der Waals surface area contributed by atoms with Gasteiger partial charge in [0.1, 0.15) is 0 Å². The van der Waals surface area contributed by atoms with Crippen LogP contribution in [0, 0.1) is 46.3 Å². The highest BCUT2D eigenvalue weighted by Crippen LogP contribution is 2.68.